The summed E-state index contributed by atoms with van der Waals surface area (Å²) in [7, 11) is 0. The second kappa shape index (κ2) is 8.41. The Morgan fingerprint density at radius 2 is 1.55 bits per heavy atom. The van der Waals surface area contributed by atoms with Crippen LogP contribution in [-0.2, 0) is 14.3 Å². The highest BCUT2D eigenvalue weighted by molar-refractivity contribution is 6.42. The number of benzene rings is 2. The molecular weight excluding hydrogens is 443 g/mol. The quantitative estimate of drug-likeness (QED) is 0.547. The van der Waals surface area contributed by atoms with Gasteiger partial charge in [0.2, 0.25) is 0 Å². The zero-order valence-corrected chi connectivity index (χ0v) is 17.1. The van der Waals surface area contributed by atoms with Gasteiger partial charge in [0.05, 0.1) is 26.9 Å². The molecule has 1 N–H and O–H groups in total. The third kappa shape index (κ3) is 4.22. The van der Waals surface area contributed by atoms with Crippen molar-refractivity contribution in [2.24, 2.45) is 0 Å². The second-order valence-electron chi connectivity index (χ2n) is 6.10. The lowest BCUT2D eigenvalue weighted by molar-refractivity contribution is -0.150. The van der Waals surface area contributed by atoms with E-state index in [2.05, 4.69) is 5.32 Å². The van der Waals surface area contributed by atoms with E-state index in [4.69, 9.17) is 39.5 Å². The number of imide groups is 1. The van der Waals surface area contributed by atoms with Crippen LogP contribution in [0, 0.1) is 0 Å². The molecule has 0 aliphatic carbocycles. The molecule has 2 aromatic carbocycles. The van der Waals surface area contributed by atoms with Gasteiger partial charge < -0.3 is 10.1 Å². The third-order valence-electron chi connectivity index (χ3n) is 4.17. The van der Waals surface area contributed by atoms with Gasteiger partial charge in [-0.15, -0.1) is 0 Å². The molecule has 3 amide bonds. The van der Waals surface area contributed by atoms with Gasteiger partial charge in [0.1, 0.15) is 6.04 Å². The minimum absolute atomic E-state index is 0.113. The number of nitrogens with zero attached hydrogens (tertiary/aromatic N) is 1. The smallest absolute Gasteiger partial charge is 0.329 e. The number of nitrogens with one attached hydrogen (secondary N) is 1. The minimum atomic E-state index is -1.21. The van der Waals surface area contributed by atoms with E-state index in [-0.39, 0.29) is 26.9 Å². The summed E-state index contributed by atoms with van der Waals surface area (Å²) in [6.45, 7) is 0.677. The molecule has 10 heteroatoms. The maximum atomic E-state index is 12.4. The zero-order chi connectivity index (χ0) is 21.3. The fourth-order valence-corrected chi connectivity index (χ4v) is 3.67. The fourth-order valence-electron chi connectivity index (χ4n) is 2.76. The summed E-state index contributed by atoms with van der Waals surface area (Å²) in [5.74, 6) is -2.82. The van der Waals surface area contributed by atoms with Gasteiger partial charge in [0.15, 0.2) is 6.61 Å². The highest BCUT2D eigenvalue weighted by Crippen LogP contribution is 2.33. The van der Waals surface area contributed by atoms with Gasteiger partial charge in [-0.05, 0) is 31.2 Å². The topological polar surface area (TPSA) is 92.8 Å². The van der Waals surface area contributed by atoms with Crippen LogP contribution in [0.2, 0.25) is 15.1 Å². The number of hydrogen-bond donors (Lipinski definition) is 1. The maximum absolute atomic E-state index is 12.4. The lowest BCUT2D eigenvalue weighted by atomic mass is 10.1. The Kier molecular flexibility index (Phi) is 6.12. The molecule has 3 rings (SSSR count). The predicted molar refractivity (Wildman–Crippen MR) is 107 cm³/mol. The lowest BCUT2D eigenvalue weighted by Gasteiger charge is -2.20. The second-order valence-corrected chi connectivity index (χ2v) is 7.35. The standard InChI is InChI=1S/C19H13Cl3N2O5/c1-9(24-17(26)11-4-2-3-5-12(11)18(24)27)19(28)29-8-15(25)23-16-13(21)6-10(20)7-14(16)22/h2-7,9H,8H2,1H3,(H,23,25). The Morgan fingerprint density at radius 3 is 2.07 bits per heavy atom. The van der Waals surface area contributed by atoms with Gasteiger partial charge in [-0.25, -0.2) is 4.79 Å². The summed E-state index contributed by atoms with van der Waals surface area (Å²) in [6.07, 6.45) is 0. The number of rotatable bonds is 5. The molecule has 0 bridgehead atoms. The van der Waals surface area contributed by atoms with E-state index < -0.39 is 36.3 Å². The summed E-state index contributed by atoms with van der Waals surface area (Å²) in [6, 6.07) is 7.81. The molecule has 0 saturated carbocycles. The van der Waals surface area contributed by atoms with Crippen LogP contribution in [0.25, 0.3) is 0 Å². The summed E-state index contributed by atoms with van der Waals surface area (Å²) < 4.78 is 4.94. The molecule has 1 atom stereocenters. The summed E-state index contributed by atoms with van der Waals surface area (Å²) in [5.41, 5.74) is 0.538. The Balaban J connectivity index is 1.62. The molecular formula is C19H13Cl3N2O5. The van der Waals surface area contributed by atoms with E-state index in [1.807, 2.05) is 0 Å². The number of carbonyl (C=O) groups is 4. The first kappa shape index (κ1) is 21.1. The van der Waals surface area contributed by atoms with Gasteiger partial charge in [0.25, 0.3) is 17.7 Å². The van der Waals surface area contributed by atoms with Gasteiger partial charge >= 0.3 is 5.97 Å². The van der Waals surface area contributed by atoms with Crippen molar-refractivity contribution < 1.29 is 23.9 Å². The molecule has 1 aliphatic rings. The lowest BCUT2D eigenvalue weighted by Crippen LogP contribution is -2.44. The maximum Gasteiger partial charge on any atom is 0.329 e. The average Bonchev–Trinajstić information content (AvgIpc) is 2.93. The van der Waals surface area contributed by atoms with Crippen molar-refractivity contribution in [2.75, 3.05) is 11.9 Å². The number of anilines is 1. The molecule has 29 heavy (non-hydrogen) atoms. The van der Waals surface area contributed by atoms with E-state index in [9.17, 15) is 19.2 Å². The van der Waals surface area contributed by atoms with E-state index in [1.54, 1.807) is 12.1 Å². The van der Waals surface area contributed by atoms with Crippen LogP contribution in [0.3, 0.4) is 0 Å². The molecule has 1 heterocycles. The zero-order valence-electron chi connectivity index (χ0n) is 14.9. The predicted octanol–water partition coefficient (Wildman–Crippen LogP) is 3.81. The molecule has 7 nitrogen and oxygen atoms in total. The molecule has 0 fully saturated rings. The molecule has 0 spiro atoms. The summed E-state index contributed by atoms with van der Waals surface area (Å²) in [4.78, 5) is 50.0. The van der Waals surface area contributed by atoms with Gasteiger partial charge in [0, 0.05) is 5.02 Å². The van der Waals surface area contributed by atoms with Gasteiger partial charge in [-0.3, -0.25) is 19.3 Å². The van der Waals surface area contributed by atoms with Crippen LogP contribution in [0.4, 0.5) is 5.69 Å². The fraction of sp³-hybridized carbons (Fsp3) is 0.158. The normalized spacial score (nSPS) is 13.9. The van der Waals surface area contributed by atoms with E-state index in [1.165, 1.54) is 31.2 Å². The van der Waals surface area contributed by atoms with Crippen LogP contribution < -0.4 is 5.32 Å². The van der Waals surface area contributed by atoms with Crippen molar-refractivity contribution in [3.8, 4) is 0 Å². The minimum Gasteiger partial charge on any atom is -0.454 e. The Morgan fingerprint density at radius 1 is 1.03 bits per heavy atom. The van der Waals surface area contributed by atoms with Crippen LogP contribution in [0.1, 0.15) is 27.6 Å². The van der Waals surface area contributed by atoms with Crippen molar-refractivity contribution in [1.82, 2.24) is 4.90 Å². The first-order chi connectivity index (χ1) is 13.7. The number of esters is 1. The monoisotopic (exact) mass is 454 g/mol. The van der Waals surface area contributed by atoms with Crippen molar-refractivity contribution >= 4 is 64.2 Å². The summed E-state index contributed by atoms with van der Waals surface area (Å²) >= 11 is 17.8. The van der Waals surface area contributed by atoms with E-state index in [0.717, 1.165) is 4.90 Å². The van der Waals surface area contributed by atoms with E-state index >= 15 is 0 Å². The number of carbonyl (C=O) groups excluding carboxylic acids is 4. The Bertz CT molecular complexity index is 982. The Hall–Kier alpha value is -2.61. The van der Waals surface area contributed by atoms with Crippen LogP contribution in [0.15, 0.2) is 36.4 Å². The van der Waals surface area contributed by atoms with Crippen LogP contribution >= 0.6 is 34.8 Å². The number of amides is 3. The molecule has 2 aromatic rings. The van der Waals surface area contributed by atoms with Gasteiger partial charge in [-0.1, -0.05) is 46.9 Å². The summed E-state index contributed by atoms with van der Waals surface area (Å²) in [5, 5.41) is 2.93. The first-order valence-electron chi connectivity index (χ1n) is 8.28. The van der Waals surface area contributed by atoms with Crippen LogP contribution in [0.5, 0.6) is 0 Å². The van der Waals surface area contributed by atoms with Crippen molar-refractivity contribution in [3.05, 3.63) is 62.6 Å². The molecule has 1 unspecified atom stereocenters. The highest BCUT2D eigenvalue weighted by Gasteiger charge is 2.41. The van der Waals surface area contributed by atoms with Crippen molar-refractivity contribution in [3.63, 3.8) is 0 Å². The first-order valence-corrected chi connectivity index (χ1v) is 9.42. The Labute approximate surface area is 180 Å². The molecule has 0 radical (unpaired) electrons. The molecule has 150 valence electrons. The highest BCUT2D eigenvalue weighted by atomic mass is 35.5. The molecule has 1 aliphatic heterocycles. The molecule has 0 saturated heterocycles. The van der Waals surface area contributed by atoms with Crippen LogP contribution in [-0.4, -0.2) is 41.2 Å². The number of halogens is 3. The average molecular weight is 456 g/mol. The largest absolute Gasteiger partial charge is 0.454 e. The SMILES string of the molecule is CC(C(=O)OCC(=O)Nc1c(Cl)cc(Cl)cc1Cl)N1C(=O)c2ccccc2C1=O. The molecule has 0 aromatic heterocycles. The number of fused-ring (bicyclic) bond motifs is 1. The third-order valence-corrected chi connectivity index (χ3v) is 4.99. The van der Waals surface area contributed by atoms with E-state index in [0.29, 0.717) is 5.02 Å². The van der Waals surface area contributed by atoms with Crippen molar-refractivity contribution in [1.29, 1.82) is 0 Å². The number of hydrogen-bond acceptors (Lipinski definition) is 5. The number of ether oxygens (including phenoxy) is 1. The van der Waals surface area contributed by atoms with Crippen molar-refractivity contribution in [2.45, 2.75) is 13.0 Å². The van der Waals surface area contributed by atoms with Gasteiger partial charge in [-0.2, -0.15) is 0 Å².